The quantitative estimate of drug-likeness (QED) is 0.638. The molecule has 1 aliphatic carbocycles. The maximum Gasteiger partial charge on any atom is 0.321 e. The average molecular weight is 445 g/mol. The fraction of sp³-hybridized carbons (Fsp3) is 0.429. The Kier molecular flexibility index (Phi) is 6.01. The van der Waals surface area contributed by atoms with Gasteiger partial charge in [-0.3, -0.25) is 19.5 Å². The molecule has 3 amide bonds. The minimum absolute atomic E-state index is 0.0786. The summed E-state index contributed by atoms with van der Waals surface area (Å²) in [5.74, 6) is -0.144. The van der Waals surface area contributed by atoms with Crippen LogP contribution in [0.25, 0.3) is 20.7 Å². The lowest BCUT2D eigenvalue weighted by molar-refractivity contribution is -0.120. The zero-order valence-electron chi connectivity index (χ0n) is 16.9. The van der Waals surface area contributed by atoms with E-state index in [9.17, 15) is 14.4 Å². The molecule has 3 aromatic heterocycles. The highest BCUT2D eigenvalue weighted by atomic mass is 32.1. The summed E-state index contributed by atoms with van der Waals surface area (Å²) in [5, 5.41) is 7.67. The first-order valence-electron chi connectivity index (χ1n) is 10.1. The number of urea groups is 1. The van der Waals surface area contributed by atoms with Crippen LogP contribution < -0.4 is 16.2 Å². The van der Waals surface area contributed by atoms with Gasteiger partial charge < -0.3 is 5.32 Å². The Hall–Kier alpha value is -2.52. The van der Waals surface area contributed by atoms with Crippen molar-refractivity contribution in [3.8, 4) is 10.4 Å². The number of fused-ring (bicyclic) bond motifs is 1. The highest BCUT2D eigenvalue weighted by molar-refractivity contribution is 7.19. The number of hydrogen-bond donors (Lipinski definition) is 2. The number of amides is 3. The number of aryl methyl sites for hydroxylation is 1. The van der Waals surface area contributed by atoms with Crippen LogP contribution in [0, 0.1) is 12.8 Å². The normalized spacial score (nSPS) is 19.0. The average Bonchev–Trinajstić information content (AvgIpc) is 3.32. The molecule has 158 valence electrons. The van der Waals surface area contributed by atoms with Gasteiger partial charge >= 0.3 is 6.03 Å². The molecule has 0 bridgehead atoms. The number of nitrogens with one attached hydrogen (secondary N) is 2. The summed E-state index contributed by atoms with van der Waals surface area (Å²) in [6.07, 6.45) is 5.62. The van der Waals surface area contributed by atoms with E-state index in [0.717, 1.165) is 34.6 Å². The highest BCUT2D eigenvalue weighted by Gasteiger charge is 2.23. The topological polar surface area (TPSA) is 93.1 Å². The fourth-order valence-corrected chi connectivity index (χ4v) is 5.76. The molecule has 9 heteroatoms. The van der Waals surface area contributed by atoms with Crippen molar-refractivity contribution < 1.29 is 9.59 Å². The molecule has 7 nitrogen and oxygen atoms in total. The van der Waals surface area contributed by atoms with Crippen LogP contribution in [-0.2, 0) is 11.3 Å². The van der Waals surface area contributed by atoms with Gasteiger partial charge in [0.1, 0.15) is 11.4 Å². The zero-order chi connectivity index (χ0) is 21.3. The second-order valence-corrected chi connectivity index (χ2v) is 9.95. The molecule has 3 aromatic rings. The maximum atomic E-state index is 13.0. The molecule has 1 fully saturated rings. The maximum absolute atomic E-state index is 13.0. The molecule has 0 radical (unpaired) electrons. The molecule has 1 saturated carbocycles. The SMILES string of the molecule is Cc1ccc(-c2csc3ncn(CC(=O)NC(=O)N[C@@H]4CCCC[C@H]4C)c(=O)c23)s1. The van der Waals surface area contributed by atoms with E-state index in [2.05, 4.69) is 22.5 Å². The third kappa shape index (κ3) is 4.32. The van der Waals surface area contributed by atoms with E-state index >= 15 is 0 Å². The smallest absolute Gasteiger partial charge is 0.321 e. The number of nitrogens with zero attached hydrogens (tertiary/aromatic N) is 2. The van der Waals surface area contributed by atoms with Crippen molar-refractivity contribution >= 4 is 44.8 Å². The number of hydrogen-bond acceptors (Lipinski definition) is 6. The van der Waals surface area contributed by atoms with Gasteiger partial charge in [0, 0.05) is 26.7 Å². The second kappa shape index (κ2) is 8.69. The van der Waals surface area contributed by atoms with Crippen LogP contribution in [0.15, 0.2) is 28.6 Å². The lowest BCUT2D eigenvalue weighted by Gasteiger charge is -2.29. The van der Waals surface area contributed by atoms with Gasteiger partial charge in [0.05, 0.1) is 11.7 Å². The number of imide groups is 1. The summed E-state index contributed by atoms with van der Waals surface area (Å²) < 4.78 is 1.25. The van der Waals surface area contributed by atoms with Crippen molar-refractivity contribution in [1.29, 1.82) is 0 Å². The first kappa shape index (κ1) is 20.7. The Morgan fingerprint density at radius 3 is 2.80 bits per heavy atom. The van der Waals surface area contributed by atoms with Gasteiger partial charge in [-0.2, -0.15) is 0 Å². The van der Waals surface area contributed by atoms with E-state index < -0.39 is 11.9 Å². The monoisotopic (exact) mass is 444 g/mol. The predicted octanol–water partition coefficient (Wildman–Crippen LogP) is 3.90. The van der Waals surface area contributed by atoms with Gasteiger partial charge in [-0.15, -0.1) is 22.7 Å². The molecular weight excluding hydrogens is 420 g/mol. The molecule has 0 aromatic carbocycles. The molecule has 3 heterocycles. The van der Waals surface area contributed by atoms with Crippen molar-refractivity contribution in [3.63, 3.8) is 0 Å². The Labute approximate surface area is 182 Å². The molecule has 2 N–H and O–H groups in total. The highest BCUT2D eigenvalue weighted by Crippen LogP contribution is 2.34. The molecule has 30 heavy (non-hydrogen) atoms. The summed E-state index contributed by atoms with van der Waals surface area (Å²) >= 11 is 3.02. The lowest BCUT2D eigenvalue weighted by Crippen LogP contribution is -2.48. The van der Waals surface area contributed by atoms with Crippen molar-refractivity contribution in [2.75, 3.05) is 0 Å². The van der Waals surface area contributed by atoms with Crippen LogP contribution in [0.1, 0.15) is 37.5 Å². The van der Waals surface area contributed by atoms with Gasteiger partial charge in [0.15, 0.2) is 0 Å². The summed E-state index contributed by atoms with van der Waals surface area (Å²) in [7, 11) is 0. The zero-order valence-corrected chi connectivity index (χ0v) is 18.6. The van der Waals surface area contributed by atoms with Crippen molar-refractivity contribution in [1.82, 2.24) is 20.2 Å². The minimum atomic E-state index is -0.539. The molecule has 0 aliphatic heterocycles. The number of rotatable bonds is 4. The third-order valence-electron chi connectivity index (χ3n) is 5.56. The number of carbonyl (C=O) groups is 2. The van der Waals surface area contributed by atoms with E-state index in [4.69, 9.17) is 0 Å². The minimum Gasteiger partial charge on any atom is -0.335 e. The van der Waals surface area contributed by atoms with Gasteiger partial charge in [-0.1, -0.05) is 19.8 Å². The third-order valence-corrected chi connectivity index (χ3v) is 7.48. The van der Waals surface area contributed by atoms with E-state index in [1.165, 1.54) is 28.7 Å². The molecule has 2 atom stereocenters. The van der Waals surface area contributed by atoms with E-state index in [1.54, 1.807) is 11.3 Å². The van der Waals surface area contributed by atoms with Crippen LogP contribution in [0.5, 0.6) is 0 Å². The molecule has 0 spiro atoms. The van der Waals surface area contributed by atoms with E-state index in [1.807, 2.05) is 24.4 Å². The van der Waals surface area contributed by atoms with Crippen molar-refractivity contribution in [3.05, 3.63) is 39.1 Å². The molecular formula is C21H24N4O3S2. The van der Waals surface area contributed by atoms with Crippen LogP contribution in [0.2, 0.25) is 0 Å². The van der Waals surface area contributed by atoms with Crippen LogP contribution in [0.4, 0.5) is 4.79 Å². The molecule has 4 rings (SSSR count). The molecule has 0 saturated heterocycles. The largest absolute Gasteiger partial charge is 0.335 e. The number of thiophene rings is 2. The standard InChI is InChI=1S/C21H24N4O3S2/c1-12-5-3-4-6-15(12)23-21(28)24-17(26)9-25-11-22-19-18(20(25)27)14(10-29-19)16-8-7-13(2)30-16/h7-8,10-12,15H,3-6,9H2,1-2H3,(H2,23,24,26,28)/t12-,15-/m1/s1. The first-order chi connectivity index (χ1) is 14.4. The fourth-order valence-electron chi connectivity index (χ4n) is 3.90. The summed E-state index contributed by atoms with van der Waals surface area (Å²) in [6.45, 7) is 3.87. The van der Waals surface area contributed by atoms with Gasteiger partial charge in [0.25, 0.3) is 5.56 Å². The van der Waals surface area contributed by atoms with Gasteiger partial charge in [-0.25, -0.2) is 9.78 Å². The summed E-state index contributed by atoms with van der Waals surface area (Å²) in [6, 6.07) is 3.57. The number of aromatic nitrogens is 2. The summed E-state index contributed by atoms with van der Waals surface area (Å²) in [5.41, 5.74) is 0.558. The van der Waals surface area contributed by atoms with Gasteiger partial charge in [-0.05, 0) is 37.8 Å². The lowest BCUT2D eigenvalue weighted by atomic mass is 9.86. The molecule has 0 unspecified atom stereocenters. The Bertz CT molecular complexity index is 1150. The van der Waals surface area contributed by atoms with Crippen molar-refractivity contribution in [2.45, 2.75) is 52.1 Å². The Balaban J connectivity index is 1.48. The van der Waals surface area contributed by atoms with Gasteiger partial charge in [0.2, 0.25) is 5.91 Å². The number of carbonyl (C=O) groups excluding carboxylic acids is 2. The summed E-state index contributed by atoms with van der Waals surface area (Å²) in [4.78, 5) is 44.7. The van der Waals surface area contributed by atoms with Crippen molar-refractivity contribution in [2.24, 2.45) is 5.92 Å². The van der Waals surface area contributed by atoms with Crippen LogP contribution in [-0.4, -0.2) is 27.5 Å². The van der Waals surface area contributed by atoms with E-state index in [-0.39, 0.29) is 18.1 Å². The van der Waals surface area contributed by atoms with E-state index in [0.29, 0.717) is 16.1 Å². The second-order valence-electron chi connectivity index (χ2n) is 7.81. The Morgan fingerprint density at radius 2 is 2.07 bits per heavy atom. The Morgan fingerprint density at radius 1 is 1.27 bits per heavy atom. The first-order valence-corrected chi connectivity index (χ1v) is 11.8. The molecule has 1 aliphatic rings. The van der Waals surface area contributed by atoms with Crippen LogP contribution in [0.3, 0.4) is 0 Å². The predicted molar refractivity (Wildman–Crippen MR) is 120 cm³/mol. The van der Waals surface area contributed by atoms with Crippen LogP contribution >= 0.6 is 22.7 Å².